The van der Waals surface area contributed by atoms with E-state index in [1.807, 2.05) is 31.2 Å². The molecule has 0 spiro atoms. The third kappa shape index (κ3) is 6.73. The molecule has 0 radical (unpaired) electrons. The molecule has 0 bridgehead atoms. The summed E-state index contributed by atoms with van der Waals surface area (Å²) in [7, 11) is 0. The minimum absolute atomic E-state index is 0.0440. The average molecular weight is 358 g/mol. The van der Waals surface area contributed by atoms with E-state index in [9.17, 15) is 14.7 Å². The molecule has 1 aromatic rings. The first-order chi connectivity index (χ1) is 9.69. The Morgan fingerprint density at radius 1 is 1.33 bits per heavy atom. The molecule has 0 aliphatic heterocycles. The minimum atomic E-state index is -1.44. The Balaban J connectivity index is 2.46. The van der Waals surface area contributed by atoms with Crippen molar-refractivity contribution in [2.45, 2.75) is 38.2 Å². The summed E-state index contributed by atoms with van der Waals surface area (Å²) in [5.74, 6) is -1.27. The van der Waals surface area contributed by atoms with Gasteiger partial charge in [-0.05, 0) is 30.5 Å². The van der Waals surface area contributed by atoms with Gasteiger partial charge in [0.1, 0.15) is 0 Å². The minimum Gasteiger partial charge on any atom is -0.481 e. The highest BCUT2D eigenvalue weighted by molar-refractivity contribution is 9.10. The van der Waals surface area contributed by atoms with E-state index in [-0.39, 0.29) is 24.8 Å². The highest BCUT2D eigenvalue weighted by Crippen LogP contribution is 2.21. The fraction of sp³-hybridized carbons (Fsp3) is 0.467. The fourth-order valence-corrected chi connectivity index (χ4v) is 2.20. The van der Waals surface area contributed by atoms with Gasteiger partial charge in [0.2, 0.25) is 5.91 Å². The standard InChI is InChI=1S/C15H20BrNO4/c1-10(11-3-5-12(16)6-4-11)7-13(18)17-9-15(2,21)8-14(19)20/h3-6,10,21H,7-9H2,1-2H3,(H,17,18)(H,19,20). The number of aliphatic hydroxyl groups is 1. The number of hydrogen-bond donors (Lipinski definition) is 3. The van der Waals surface area contributed by atoms with Gasteiger partial charge in [0.05, 0.1) is 12.0 Å². The number of halogens is 1. The van der Waals surface area contributed by atoms with Gasteiger partial charge in [0.25, 0.3) is 0 Å². The number of aliphatic carboxylic acids is 1. The zero-order valence-corrected chi connectivity index (χ0v) is 13.7. The van der Waals surface area contributed by atoms with Crippen molar-refractivity contribution in [3.8, 4) is 0 Å². The SMILES string of the molecule is CC(CC(=O)NCC(C)(O)CC(=O)O)c1ccc(Br)cc1. The molecule has 3 N–H and O–H groups in total. The smallest absolute Gasteiger partial charge is 0.306 e. The van der Waals surface area contributed by atoms with Crippen LogP contribution >= 0.6 is 15.9 Å². The van der Waals surface area contributed by atoms with E-state index < -0.39 is 18.0 Å². The largest absolute Gasteiger partial charge is 0.481 e. The first-order valence-corrected chi connectivity index (χ1v) is 7.45. The van der Waals surface area contributed by atoms with Crippen molar-refractivity contribution >= 4 is 27.8 Å². The number of nitrogens with one attached hydrogen (secondary N) is 1. The summed E-state index contributed by atoms with van der Waals surface area (Å²) in [5.41, 5.74) is -0.395. The van der Waals surface area contributed by atoms with Crippen LogP contribution in [-0.4, -0.2) is 34.2 Å². The van der Waals surface area contributed by atoms with Crippen LogP contribution in [0.5, 0.6) is 0 Å². The van der Waals surface area contributed by atoms with Crippen molar-refractivity contribution in [2.75, 3.05) is 6.54 Å². The van der Waals surface area contributed by atoms with Crippen LogP contribution in [0.4, 0.5) is 0 Å². The van der Waals surface area contributed by atoms with Crippen molar-refractivity contribution < 1.29 is 19.8 Å². The summed E-state index contributed by atoms with van der Waals surface area (Å²) >= 11 is 3.36. The second-order valence-corrected chi connectivity index (χ2v) is 6.42. The molecule has 2 atom stereocenters. The summed E-state index contributed by atoms with van der Waals surface area (Å²) in [4.78, 5) is 22.4. The van der Waals surface area contributed by atoms with Crippen LogP contribution in [0.25, 0.3) is 0 Å². The van der Waals surface area contributed by atoms with Gasteiger partial charge in [-0.2, -0.15) is 0 Å². The van der Waals surface area contributed by atoms with Crippen molar-refractivity contribution in [3.05, 3.63) is 34.3 Å². The zero-order valence-electron chi connectivity index (χ0n) is 12.1. The highest BCUT2D eigenvalue weighted by atomic mass is 79.9. The Hall–Kier alpha value is -1.40. The van der Waals surface area contributed by atoms with E-state index in [4.69, 9.17) is 5.11 Å². The third-order valence-electron chi connectivity index (χ3n) is 3.13. The molecule has 5 nitrogen and oxygen atoms in total. The second-order valence-electron chi connectivity index (χ2n) is 5.50. The number of hydrogen-bond acceptors (Lipinski definition) is 3. The van der Waals surface area contributed by atoms with Gasteiger partial charge < -0.3 is 15.5 Å². The van der Waals surface area contributed by atoms with Gasteiger partial charge in [0, 0.05) is 17.4 Å². The van der Waals surface area contributed by atoms with E-state index in [0.717, 1.165) is 10.0 Å². The van der Waals surface area contributed by atoms with E-state index >= 15 is 0 Å². The lowest BCUT2D eigenvalue weighted by Gasteiger charge is -2.22. The van der Waals surface area contributed by atoms with Gasteiger partial charge in [-0.3, -0.25) is 9.59 Å². The van der Waals surface area contributed by atoms with Gasteiger partial charge >= 0.3 is 5.97 Å². The van der Waals surface area contributed by atoms with E-state index in [1.54, 1.807) is 0 Å². The Bertz CT molecular complexity index is 499. The normalized spacial score (nSPS) is 15.0. The zero-order chi connectivity index (χ0) is 16.0. The average Bonchev–Trinajstić information content (AvgIpc) is 2.36. The Morgan fingerprint density at radius 3 is 2.43 bits per heavy atom. The number of carboxylic acid groups (broad SMARTS) is 1. The maximum atomic E-state index is 11.8. The molecule has 0 fully saturated rings. The maximum absolute atomic E-state index is 11.8. The second kappa shape index (κ2) is 7.56. The summed E-state index contributed by atoms with van der Waals surface area (Å²) < 4.78 is 0.979. The van der Waals surface area contributed by atoms with E-state index in [1.165, 1.54) is 6.92 Å². The van der Waals surface area contributed by atoms with Crippen LogP contribution in [-0.2, 0) is 9.59 Å². The summed E-state index contributed by atoms with van der Waals surface area (Å²) in [6.07, 6.45) is -0.125. The molecule has 0 saturated heterocycles. The van der Waals surface area contributed by atoms with Crippen molar-refractivity contribution in [1.29, 1.82) is 0 Å². The lowest BCUT2D eigenvalue weighted by atomic mass is 9.97. The van der Waals surface area contributed by atoms with Crippen molar-refractivity contribution in [2.24, 2.45) is 0 Å². The topological polar surface area (TPSA) is 86.6 Å². The summed E-state index contributed by atoms with van der Waals surface area (Å²) in [5, 5.41) is 21.0. The molecule has 1 amide bonds. The summed E-state index contributed by atoms with van der Waals surface area (Å²) in [6, 6.07) is 7.73. The van der Waals surface area contributed by atoms with Crippen LogP contribution in [0.2, 0.25) is 0 Å². The number of rotatable bonds is 7. The maximum Gasteiger partial charge on any atom is 0.306 e. The molecule has 0 heterocycles. The highest BCUT2D eigenvalue weighted by Gasteiger charge is 2.25. The van der Waals surface area contributed by atoms with Crippen molar-refractivity contribution in [3.63, 3.8) is 0 Å². The molecule has 1 rings (SSSR count). The van der Waals surface area contributed by atoms with E-state index in [2.05, 4.69) is 21.2 Å². The Kier molecular flexibility index (Phi) is 6.36. The van der Waals surface area contributed by atoms with E-state index in [0.29, 0.717) is 0 Å². The van der Waals surface area contributed by atoms with Crippen LogP contribution < -0.4 is 5.32 Å². The Labute approximate surface area is 132 Å². The predicted molar refractivity (Wildman–Crippen MR) is 83.1 cm³/mol. The molecule has 6 heteroatoms. The number of carboxylic acids is 1. The predicted octanol–water partition coefficient (Wildman–Crippen LogP) is 2.28. The van der Waals surface area contributed by atoms with Crippen LogP contribution in [0.1, 0.15) is 38.2 Å². The molecule has 1 aromatic carbocycles. The first kappa shape index (κ1) is 17.7. The van der Waals surface area contributed by atoms with Crippen LogP contribution in [0.15, 0.2) is 28.7 Å². The van der Waals surface area contributed by atoms with Gasteiger partial charge in [-0.15, -0.1) is 0 Å². The third-order valence-corrected chi connectivity index (χ3v) is 3.66. The fourth-order valence-electron chi connectivity index (χ4n) is 1.94. The van der Waals surface area contributed by atoms with Crippen LogP contribution in [0.3, 0.4) is 0 Å². The quantitative estimate of drug-likeness (QED) is 0.698. The lowest BCUT2D eigenvalue weighted by Crippen LogP contribution is -2.42. The van der Waals surface area contributed by atoms with Gasteiger partial charge in [-0.1, -0.05) is 35.0 Å². The molecule has 0 aliphatic rings. The summed E-state index contributed by atoms with van der Waals surface area (Å²) in [6.45, 7) is 3.25. The molecule has 0 aliphatic carbocycles. The molecule has 21 heavy (non-hydrogen) atoms. The van der Waals surface area contributed by atoms with Gasteiger partial charge in [-0.25, -0.2) is 0 Å². The molecule has 116 valence electrons. The number of carbonyl (C=O) groups is 2. The first-order valence-electron chi connectivity index (χ1n) is 6.66. The monoisotopic (exact) mass is 357 g/mol. The molecule has 0 aromatic heterocycles. The Morgan fingerprint density at radius 2 is 1.90 bits per heavy atom. The molecule has 2 unspecified atom stereocenters. The number of carbonyl (C=O) groups excluding carboxylic acids is 1. The lowest BCUT2D eigenvalue weighted by molar-refractivity contribution is -0.142. The van der Waals surface area contributed by atoms with Crippen LogP contribution in [0, 0.1) is 0 Å². The molecular weight excluding hydrogens is 338 g/mol. The van der Waals surface area contributed by atoms with Crippen molar-refractivity contribution in [1.82, 2.24) is 5.32 Å². The molecule has 0 saturated carbocycles. The number of amides is 1. The molecular formula is C15H20BrNO4. The van der Waals surface area contributed by atoms with Gasteiger partial charge in [0.15, 0.2) is 0 Å². The number of benzene rings is 1.